The molecule has 85 heavy (non-hydrogen) atoms. The Bertz CT molecular complexity index is 1610. The van der Waals surface area contributed by atoms with Gasteiger partial charge in [0.05, 0.1) is 0 Å². The van der Waals surface area contributed by atoms with Crippen molar-refractivity contribution in [2.75, 3.05) is 26.3 Å². The molecule has 494 valence electrons. The van der Waals surface area contributed by atoms with E-state index in [-0.39, 0.29) is 42.9 Å². The molecule has 2 N–H and O–H groups in total. The Kier molecular flexibility index (Phi) is 66.4. The summed E-state index contributed by atoms with van der Waals surface area (Å²) in [5, 5.41) is 5.89. The number of esters is 3. The first-order valence-electron chi connectivity index (χ1n) is 36.5. The van der Waals surface area contributed by atoms with Crippen LogP contribution in [0.25, 0.3) is 0 Å². The molecule has 2 amide bonds. The first-order chi connectivity index (χ1) is 41.8. The van der Waals surface area contributed by atoms with E-state index in [1.807, 2.05) is 0 Å². The number of carbonyl (C=O) groups is 5. The van der Waals surface area contributed by atoms with E-state index in [2.05, 4.69) is 80.0 Å². The smallest absolute Gasteiger partial charge is 0.306 e. The zero-order valence-corrected chi connectivity index (χ0v) is 56.0. The predicted molar refractivity (Wildman–Crippen MR) is 361 cm³/mol. The molecule has 1 unspecified atom stereocenters. The Morgan fingerprint density at radius 2 is 0.529 bits per heavy atom. The molecule has 0 saturated carbocycles. The molecule has 0 radical (unpaired) electrons. The fourth-order valence-corrected chi connectivity index (χ4v) is 10.5. The molecule has 0 rings (SSSR count). The van der Waals surface area contributed by atoms with E-state index in [0.717, 1.165) is 148 Å². The van der Waals surface area contributed by atoms with Crippen LogP contribution in [0.1, 0.15) is 367 Å². The molecule has 1 atom stereocenters. The molecular weight excluding hydrogens is 1060 g/mol. The van der Waals surface area contributed by atoms with Gasteiger partial charge in [0, 0.05) is 45.2 Å². The Hall–Kier alpha value is -3.69. The van der Waals surface area contributed by atoms with E-state index in [9.17, 15) is 24.0 Å². The Labute approximate surface area is 524 Å². The maximum atomic E-state index is 12.9. The third kappa shape index (κ3) is 67.7. The molecule has 0 aliphatic heterocycles. The van der Waals surface area contributed by atoms with Crippen molar-refractivity contribution in [3.8, 4) is 0 Å². The van der Waals surface area contributed by atoms with Gasteiger partial charge in [0.1, 0.15) is 13.2 Å². The van der Waals surface area contributed by atoms with E-state index < -0.39 is 6.10 Å². The van der Waals surface area contributed by atoms with Gasteiger partial charge in [0.2, 0.25) is 11.8 Å². The average molecular weight is 1190 g/mol. The topological polar surface area (TPSA) is 137 Å². The molecule has 10 nitrogen and oxygen atoms in total. The van der Waals surface area contributed by atoms with Crippen LogP contribution in [0, 0.1) is 0 Å². The third-order valence-electron chi connectivity index (χ3n) is 16.1. The number of allylic oxidation sites excluding steroid dienone is 8. The van der Waals surface area contributed by atoms with E-state index in [0.29, 0.717) is 45.2 Å². The van der Waals surface area contributed by atoms with Crippen molar-refractivity contribution >= 4 is 29.7 Å². The molecule has 0 saturated heterocycles. The lowest BCUT2D eigenvalue weighted by molar-refractivity contribution is -0.167. The van der Waals surface area contributed by atoms with Crippen molar-refractivity contribution in [2.24, 2.45) is 0 Å². The van der Waals surface area contributed by atoms with Gasteiger partial charge in [0.15, 0.2) is 6.10 Å². The summed E-state index contributed by atoms with van der Waals surface area (Å²) in [5.41, 5.74) is 0. The van der Waals surface area contributed by atoms with Crippen molar-refractivity contribution in [1.29, 1.82) is 0 Å². The standard InChI is InChI=1S/C75H136N2O8/c1-4-7-10-13-16-19-22-25-28-31-36-41-46-51-56-61-71(78)76-66-67-77-72(79)62-57-52-47-42-37-32-30-35-39-44-49-54-59-64-74(81)84-69-70(85-75(82)65-60-55-50-45-40-33-27-24-21-18-15-12-9-6-3)68-83-73(80)63-58-53-48-43-38-34-29-26-23-20-17-14-11-8-5-2/h15,18,24-25,27-28,30,32,70H,4-14,16-17,19-23,26,29,31,33-69H2,1-3H3,(H,76,78)(H,77,79). The number of hydrogen-bond acceptors (Lipinski definition) is 8. The minimum atomic E-state index is -0.809. The van der Waals surface area contributed by atoms with Crippen LogP contribution in [-0.2, 0) is 38.2 Å². The van der Waals surface area contributed by atoms with E-state index in [1.165, 1.54) is 167 Å². The highest BCUT2D eigenvalue weighted by atomic mass is 16.6. The summed E-state index contributed by atoms with van der Waals surface area (Å²) in [4.78, 5) is 62.8. The van der Waals surface area contributed by atoms with Gasteiger partial charge in [-0.05, 0) is 109 Å². The Balaban J connectivity index is 4.18. The highest BCUT2D eigenvalue weighted by Crippen LogP contribution is 2.17. The fourth-order valence-electron chi connectivity index (χ4n) is 10.5. The minimum absolute atomic E-state index is 0.0636. The number of unbranched alkanes of at least 4 members (excludes halogenated alkanes) is 41. The summed E-state index contributed by atoms with van der Waals surface area (Å²) >= 11 is 0. The monoisotopic (exact) mass is 1190 g/mol. The first kappa shape index (κ1) is 81.3. The second kappa shape index (κ2) is 69.4. The number of carbonyl (C=O) groups excluding carboxylic acids is 5. The highest BCUT2D eigenvalue weighted by molar-refractivity contribution is 5.77. The van der Waals surface area contributed by atoms with Crippen LogP contribution >= 0.6 is 0 Å². The van der Waals surface area contributed by atoms with Crippen molar-refractivity contribution in [1.82, 2.24) is 10.6 Å². The van der Waals surface area contributed by atoms with Gasteiger partial charge >= 0.3 is 17.9 Å². The second-order valence-corrected chi connectivity index (χ2v) is 24.6. The van der Waals surface area contributed by atoms with E-state index in [1.54, 1.807) is 0 Å². The molecule has 0 aromatic heterocycles. The third-order valence-corrected chi connectivity index (χ3v) is 16.1. The molecule has 0 heterocycles. The molecule has 0 aromatic rings. The van der Waals surface area contributed by atoms with Crippen molar-refractivity contribution in [3.63, 3.8) is 0 Å². The van der Waals surface area contributed by atoms with Gasteiger partial charge in [0.25, 0.3) is 0 Å². The molecule has 10 heteroatoms. The van der Waals surface area contributed by atoms with Crippen LogP contribution in [0.3, 0.4) is 0 Å². The number of amides is 2. The van der Waals surface area contributed by atoms with Gasteiger partial charge < -0.3 is 24.8 Å². The summed E-state index contributed by atoms with van der Waals surface area (Å²) in [6, 6.07) is 0. The molecular formula is C75H136N2O8. The van der Waals surface area contributed by atoms with E-state index in [4.69, 9.17) is 14.2 Å². The molecule has 0 spiro atoms. The lowest BCUT2D eigenvalue weighted by atomic mass is 10.0. The molecule has 0 aliphatic carbocycles. The Morgan fingerprint density at radius 3 is 0.847 bits per heavy atom. The van der Waals surface area contributed by atoms with Crippen LogP contribution in [0.5, 0.6) is 0 Å². The van der Waals surface area contributed by atoms with Crippen molar-refractivity contribution < 1.29 is 38.2 Å². The van der Waals surface area contributed by atoms with Gasteiger partial charge in [-0.1, -0.05) is 275 Å². The average Bonchev–Trinajstić information content (AvgIpc) is 3.49. The van der Waals surface area contributed by atoms with Gasteiger partial charge in [-0.3, -0.25) is 24.0 Å². The predicted octanol–water partition coefficient (Wildman–Crippen LogP) is 21.6. The van der Waals surface area contributed by atoms with Crippen LogP contribution in [0.2, 0.25) is 0 Å². The maximum absolute atomic E-state index is 12.9. The van der Waals surface area contributed by atoms with Crippen molar-refractivity contribution in [3.05, 3.63) is 48.6 Å². The van der Waals surface area contributed by atoms with Crippen LogP contribution in [0.15, 0.2) is 48.6 Å². The summed E-state index contributed by atoms with van der Waals surface area (Å²) in [6.45, 7) is 7.52. The Morgan fingerprint density at radius 1 is 0.282 bits per heavy atom. The highest BCUT2D eigenvalue weighted by Gasteiger charge is 2.20. The normalized spacial score (nSPS) is 12.1. The number of ether oxygens (including phenoxy) is 3. The molecule has 0 aromatic carbocycles. The van der Waals surface area contributed by atoms with Crippen LogP contribution in [0.4, 0.5) is 0 Å². The number of hydrogen-bond donors (Lipinski definition) is 2. The van der Waals surface area contributed by atoms with Crippen LogP contribution < -0.4 is 10.6 Å². The summed E-state index contributed by atoms with van der Waals surface area (Å²) in [5.74, 6) is -0.804. The summed E-state index contributed by atoms with van der Waals surface area (Å²) < 4.78 is 16.9. The molecule has 0 bridgehead atoms. The van der Waals surface area contributed by atoms with Gasteiger partial charge in [-0.2, -0.15) is 0 Å². The lowest BCUT2D eigenvalue weighted by Crippen LogP contribution is -2.34. The zero-order valence-electron chi connectivity index (χ0n) is 56.0. The minimum Gasteiger partial charge on any atom is -0.462 e. The largest absolute Gasteiger partial charge is 0.462 e. The second-order valence-electron chi connectivity index (χ2n) is 24.6. The summed E-state index contributed by atoms with van der Waals surface area (Å²) in [7, 11) is 0. The quantitative estimate of drug-likeness (QED) is 0.0266. The van der Waals surface area contributed by atoms with Gasteiger partial charge in [-0.25, -0.2) is 0 Å². The number of rotatable bonds is 67. The van der Waals surface area contributed by atoms with Crippen molar-refractivity contribution in [2.45, 2.75) is 374 Å². The summed E-state index contributed by atoms with van der Waals surface area (Å²) in [6.07, 6.45) is 76.9. The fraction of sp³-hybridized carbons (Fsp3) is 0.827. The molecule has 0 aliphatic rings. The zero-order chi connectivity index (χ0) is 61.7. The van der Waals surface area contributed by atoms with E-state index >= 15 is 0 Å². The van der Waals surface area contributed by atoms with Crippen LogP contribution in [-0.4, -0.2) is 62.1 Å². The first-order valence-corrected chi connectivity index (χ1v) is 36.5. The SMILES string of the molecule is CCCCC=CCC=CCCCCCCCC(=O)OC(COC(=O)CCCCCCCC=CCCCCCCC(=O)NCCNC(=O)CCCCCCCC=CCCCCCCCC)COC(=O)CCCCCCCCCCCCCCCCC. The maximum Gasteiger partial charge on any atom is 0.306 e. The lowest BCUT2D eigenvalue weighted by Gasteiger charge is -2.18. The number of nitrogens with one attached hydrogen (secondary N) is 2. The van der Waals surface area contributed by atoms with Gasteiger partial charge in [-0.15, -0.1) is 0 Å². The molecule has 0 fully saturated rings.